The molecule has 0 saturated carbocycles. The minimum absolute atomic E-state index is 0.0147. The van der Waals surface area contributed by atoms with Gasteiger partial charge in [-0.3, -0.25) is 4.79 Å². The van der Waals surface area contributed by atoms with E-state index < -0.39 is 6.17 Å². The normalized spacial score (nSPS) is 30.4. The molecule has 0 bridgehead atoms. The maximum absolute atomic E-state index is 12.7. The molecule has 15 heavy (non-hydrogen) atoms. The highest BCUT2D eigenvalue weighted by Gasteiger charge is 2.34. The zero-order valence-electron chi connectivity index (χ0n) is 8.90. The lowest BCUT2D eigenvalue weighted by Crippen LogP contribution is -2.37. The zero-order chi connectivity index (χ0) is 10.8. The summed E-state index contributed by atoms with van der Waals surface area (Å²) in [6.45, 7) is 2.19. The number of alkyl halides is 1. The van der Waals surface area contributed by atoms with Gasteiger partial charge in [-0.05, 0) is 13.3 Å². The molecule has 0 aromatic heterocycles. The third-order valence-corrected chi connectivity index (χ3v) is 3.06. The number of carbonyl (C=O) groups excluding carboxylic acids is 1. The standard InChI is InChI=1S/C12H16FNO/c1-9(13)8-12(15)14-7-6-10-4-2-3-5-11(10)14/h2-5,9-11H,6-8H2,1H3/t9-,10?,11?/m0/s1. The minimum Gasteiger partial charge on any atom is -0.336 e. The summed E-state index contributed by atoms with van der Waals surface area (Å²) in [7, 11) is 0. The van der Waals surface area contributed by atoms with Crippen LogP contribution >= 0.6 is 0 Å². The lowest BCUT2D eigenvalue weighted by molar-refractivity contribution is -0.132. The molecule has 3 heteroatoms. The van der Waals surface area contributed by atoms with Crippen LogP contribution in [0.25, 0.3) is 0 Å². The Balaban J connectivity index is 2.02. The molecular weight excluding hydrogens is 193 g/mol. The number of halogens is 1. The lowest BCUT2D eigenvalue weighted by atomic mass is 9.96. The van der Waals surface area contributed by atoms with Crippen LogP contribution in [-0.2, 0) is 4.79 Å². The topological polar surface area (TPSA) is 20.3 Å². The van der Waals surface area contributed by atoms with Crippen LogP contribution in [0.1, 0.15) is 19.8 Å². The Kier molecular flexibility index (Phi) is 2.89. The highest BCUT2D eigenvalue weighted by molar-refractivity contribution is 5.77. The first kappa shape index (κ1) is 10.4. The molecule has 0 aromatic rings. The van der Waals surface area contributed by atoms with Crippen LogP contribution in [0.3, 0.4) is 0 Å². The maximum atomic E-state index is 12.7. The van der Waals surface area contributed by atoms with Crippen LogP contribution in [0.4, 0.5) is 4.39 Å². The predicted octanol–water partition coefficient (Wildman–Crippen LogP) is 2.08. The first-order valence-electron chi connectivity index (χ1n) is 5.47. The van der Waals surface area contributed by atoms with E-state index in [1.807, 2.05) is 18.2 Å². The number of fused-ring (bicyclic) bond motifs is 1. The van der Waals surface area contributed by atoms with Gasteiger partial charge in [-0.15, -0.1) is 0 Å². The number of hydrogen-bond donors (Lipinski definition) is 0. The molecule has 1 saturated heterocycles. The van der Waals surface area contributed by atoms with Crippen molar-refractivity contribution in [1.29, 1.82) is 0 Å². The number of hydrogen-bond acceptors (Lipinski definition) is 1. The minimum atomic E-state index is -1.04. The molecule has 2 unspecified atom stereocenters. The van der Waals surface area contributed by atoms with Crippen molar-refractivity contribution in [2.45, 2.75) is 32.0 Å². The average Bonchev–Trinajstić information content (AvgIpc) is 2.59. The quantitative estimate of drug-likeness (QED) is 0.682. The van der Waals surface area contributed by atoms with Crippen LogP contribution < -0.4 is 0 Å². The Hall–Kier alpha value is -1.12. The van der Waals surface area contributed by atoms with E-state index in [-0.39, 0.29) is 18.4 Å². The zero-order valence-corrected chi connectivity index (χ0v) is 8.90. The van der Waals surface area contributed by atoms with Crippen molar-refractivity contribution in [3.8, 4) is 0 Å². The average molecular weight is 209 g/mol. The van der Waals surface area contributed by atoms with Gasteiger partial charge in [0.15, 0.2) is 0 Å². The number of amides is 1. The third kappa shape index (κ3) is 2.11. The van der Waals surface area contributed by atoms with Gasteiger partial charge in [0.05, 0.1) is 12.5 Å². The molecule has 0 N–H and O–H groups in total. The number of allylic oxidation sites excluding steroid dienone is 2. The fourth-order valence-corrected chi connectivity index (χ4v) is 2.33. The second kappa shape index (κ2) is 4.17. The van der Waals surface area contributed by atoms with Gasteiger partial charge in [0, 0.05) is 12.5 Å². The highest BCUT2D eigenvalue weighted by Crippen LogP contribution is 2.29. The van der Waals surface area contributed by atoms with Crippen molar-refractivity contribution in [2.24, 2.45) is 5.92 Å². The largest absolute Gasteiger partial charge is 0.336 e. The van der Waals surface area contributed by atoms with Crippen LogP contribution in [0.5, 0.6) is 0 Å². The molecule has 3 atom stereocenters. The summed E-state index contributed by atoms with van der Waals surface area (Å²) in [5.74, 6) is 0.381. The molecule has 0 spiro atoms. The van der Waals surface area contributed by atoms with E-state index in [1.54, 1.807) is 4.90 Å². The van der Waals surface area contributed by atoms with Crippen LogP contribution in [-0.4, -0.2) is 29.6 Å². The smallest absolute Gasteiger partial charge is 0.225 e. The van der Waals surface area contributed by atoms with Gasteiger partial charge in [-0.1, -0.05) is 24.3 Å². The van der Waals surface area contributed by atoms with E-state index >= 15 is 0 Å². The Morgan fingerprint density at radius 1 is 1.53 bits per heavy atom. The molecule has 1 aliphatic heterocycles. The first-order chi connectivity index (χ1) is 7.18. The van der Waals surface area contributed by atoms with E-state index in [0.29, 0.717) is 5.92 Å². The number of rotatable bonds is 2. The molecule has 1 fully saturated rings. The Bertz CT molecular complexity index is 309. The van der Waals surface area contributed by atoms with Gasteiger partial charge >= 0.3 is 0 Å². The molecular formula is C12H16FNO. The summed E-state index contributed by atoms with van der Waals surface area (Å²) >= 11 is 0. The molecule has 0 aromatic carbocycles. The van der Waals surface area contributed by atoms with Gasteiger partial charge in [0.2, 0.25) is 5.91 Å². The Labute approximate surface area is 89.4 Å². The van der Waals surface area contributed by atoms with E-state index in [2.05, 4.69) is 6.08 Å². The fourth-order valence-electron chi connectivity index (χ4n) is 2.33. The molecule has 2 rings (SSSR count). The SMILES string of the molecule is C[C@H](F)CC(=O)N1CCC2C=CC=CC21. The van der Waals surface area contributed by atoms with Crippen molar-refractivity contribution < 1.29 is 9.18 Å². The van der Waals surface area contributed by atoms with Crippen LogP contribution in [0.15, 0.2) is 24.3 Å². The summed E-state index contributed by atoms with van der Waals surface area (Å²) in [5, 5.41) is 0. The van der Waals surface area contributed by atoms with Crippen molar-refractivity contribution >= 4 is 5.91 Å². The molecule has 0 radical (unpaired) electrons. The van der Waals surface area contributed by atoms with Crippen molar-refractivity contribution in [1.82, 2.24) is 4.90 Å². The van der Waals surface area contributed by atoms with Gasteiger partial charge in [-0.25, -0.2) is 4.39 Å². The molecule has 2 nitrogen and oxygen atoms in total. The summed E-state index contributed by atoms with van der Waals surface area (Å²) in [6, 6.07) is 0.168. The third-order valence-electron chi connectivity index (χ3n) is 3.06. The monoisotopic (exact) mass is 209 g/mol. The molecule has 2 aliphatic rings. The second-order valence-corrected chi connectivity index (χ2v) is 4.28. The van der Waals surface area contributed by atoms with Gasteiger partial charge in [0.1, 0.15) is 6.17 Å². The van der Waals surface area contributed by atoms with E-state index in [4.69, 9.17) is 0 Å². The van der Waals surface area contributed by atoms with Crippen LogP contribution in [0, 0.1) is 5.92 Å². The van der Waals surface area contributed by atoms with Crippen molar-refractivity contribution in [3.63, 3.8) is 0 Å². The number of likely N-dealkylation sites (tertiary alicyclic amines) is 1. The van der Waals surface area contributed by atoms with Gasteiger partial charge in [-0.2, -0.15) is 0 Å². The van der Waals surface area contributed by atoms with Crippen molar-refractivity contribution in [3.05, 3.63) is 24.3 Å². The van der Waals surface area contributed by atoms with Gasteiger partial charge < -0.3 is 4.90 Å². The Morgan fingerprint density at radius 2 is 2.27 bits per heavy atom. The summed E-state index contributed by atoms with van der Waals surface area (Å²) < 4.78 is 12.7. The number of carbonyl (C=O) groups is 1. The van der Waals surface area contributed by atoms with E-state index in [9.17, 15) is 9.18 Å². The summed E-state index contributed by atoms with van der Waals surface area (Å²) in [4.78, 5) is 13.5. The summed E-state index contributed by atoms with van der Waals surface area (Å²) in [6.07, 6.45) is 8.13. The molecule has 1 heterocycles. The maximum Gasteiger partial charge on any atom is 0.225 e. The van der Waals surface area contributed by atoms with Gasteiger partial charge in [0.25, 0.3) is 0 Å². The van der Waals surface area contributed by atoms with E-state index in [0.717, 1.165) is 13.0 Å². The highest BCUT2D eigenvalue weighted by atomic mass is 19.1. The van der Waals surface area contributed by atoms with Crippen LogP contribution in [0.2, 0.25) is 0 Å². The molecule has 1 aliphatic carbocycles. The molecule has 82 valence electrons. The Morgan fingerprint density at radius 3 is 3.00 bits per heavy atom. The first-order valence-corrected chi connectivity index (χ1v) is 5.47. The predicted molar refractivity (Wildman–Crippen MR) is 57.1 cm³/mol. The lowest BCUT2D eigenvalue weighted by Gasteiger charge is -2.26. The number of nitrogens with zero attached hydrogens (tertiary/aromatic N) is 1. The van der Waals surface area contributed by atoms with Crippen molar-refractivity contribution in [2.75, 3.05) is 6.54 Å². The fraction of sp³-hybridized carbons (Fsp3) is 0.583. The molecule has 1 amide bonds. The summed E-state index contributed by atoms with van der Waals surface area (Å²) in [5.41, 5.74) is 0. The second-order valence-electron chi connectivity index (χ2n) is 4.28. The van der Waals surface area contributed by atoms with E-state index in [1.165, 1.54) is 6.92 Å².